The van der Waals surface area contributed by atoms with Crippen LogP contribution in [0.4, 0.5) is 4.39 Å². The Labute approximate surface area is 122 Å². The Morgan fingerprint density at radius 1 is 1.19 bits per heavy atom. The minimum Gasteiger partial charge on any atom is -0.487 e. The number of rotatable bonds is 3. The molecule has 21 heavy (non-hydrogen) atoms. The summed E-state index contributed by atoms with van der Waals surface area (Å²) in [5.74, 6) is 5.35. The highest BCUT2D eigenvalue weighted by atomic mass is 19.1. The second-order valence-corrected chi connectivity index (χ2v) is 4.22. The predicted molar refractivity (Wildman–Crippen MR) is 77.8 cm³/mol. The molecule has 4 heteroatoms. The van der Waals surface area contributed by atoms with Crippen LogP contribution in [0.1, 0.15) is 16.7 Å². The van der Waals surface area contributed by atoms with E-state index in [-0.39, 0.29) is 17.9 Å². The van der Waals surface area contributed by atoms with E-state index in [9.17, 15) is 4.39 Å². The van der Waals surface area contributed by atoms with Gasteiger partial charge < -0.3 is 10.5 Å². The van der Waals surface area contributed by atoms with Crippen molar-refractivity contribution in [3.63, 3.8) is 0 Å². The van der Waals surface area contributed by atoms with Crippen molar-refractivity contribution in [2.45, 2.75) is 6.61 Å². The van der Waals surface area contributed by atoms with Crippen molar-refractivity contribution in [2.75, 3.05) is 6.54 Å². The van der Waals surface area contributed by atoms with Crippen molar-refractivity contribution < 1.29 is 9.13 Å². The van der Waals surface area contributed by atoms with Crippen molar-refractivity contribution in [3.05, 3.63) is 65.0 Å². The number of nitriles is 1. The molecule has 0 spiro atoms. The summed E-state index contributed by atoms with van der Waals surface area (Å²) in [6.07, 6.45) is 0. The Kier molecular flexibility index (Phi) is 4.93. The summed E-state index contributed by atoms with van der Waals surface area (Å²) < 4.78 is 19.0. The topological polar surface area (TPSA) is 59.0 Å². The van der Waals surface area contributed by atoms with E-state index in [1.807, 2.05) is 24.3 Å². The van der Waals surface area contributed by atoms with E-state index < -0.39 is 5.82 Å². The van der Waals surface area contributed by atoms with Crippen molar-refractivity contribution in [2.24, 2.45) is 5.73 Å². The number of hydrogen-bond donors (Lipinski definition) is 1. The molecule has 0 heterocycles. The minimum absolute atomic E-state index is 0.0865. The Balaban J connectivity index is 2.14. The maximum atomic E-state index is 13.4. The van der Waals surface area contributed by atoms with E-state index in [1.165, 1.54) is 12.1 Å². The van der Waals surface area contributed by atoms with Crippen molar-refractivity contribution >= 4 is 0 Å². The third kappa shape index (κ3) is 3.82. The summed E-state index contributed by atoms with van der Waals surface area (Å²) in [4.78, 5) is 0. The lowest BCUT2D eigenvalue weighted by atomic mass is 10.1. The first-order chi connectivity index (χ1) is 10.2. The molecule has 0 aliphatic heterocycles. The average Bonchev–Trinajstić information content (AvgIpc) is 2.51. The monoisotopic (exact) mass is 280 g/mol. The maximum absolute atomic E-state index is 13.4. The van der Waals surface area contributed by atoms with E-state index in [0.717, 1.165) is 11.1 Å². The number of nitrogens with zero attached hydrogens (tertiary/aromatic N) is 1. The SMILES string of the molecule is N#Cc1c(F)cccc1OCc1cccc(C#CCN)c1. The van der Waals surface area contributed by atoms with Gasteiger partial charge in [-0.2, -0.15) is 5.26 Å². The Morgan fingerprint density at radius 3 is 2.76 bits per heavy atom. The molecule has 2 aromatic carbocycles. The van der Waals surface area contributed by atoms with Crippen LogP contribution in [0.2, 0.25) is 0 Å². The summed E-state index contributed by atoms with van der Waals surface area (Å²) >= 11 is 0. The molecule has 0 saturated carbocycles. The van der Waals surface area contributed by atoms with Gasteiger partial charge in [0.15, 0.2) is 0 Å². The molecule has 0 aromatic heterocycles. The quantitative estimate of drug-likeness (QED) is 0.879. The standard InChI is InChI=1S/C17H13FN2O/c18-16-7-2-8-17(15(16)11-20)21-12-14-5-1-4-13(10-14)6-3-9-19/h1-2,4-5,7-8,10H,9,12,19H2. The fraction of sp³-hybridized carbons (Fsp3) is 0.118. The molecule has 0 atom stereocenters. The third-order valence-electron chi connectivity index (χ3n) is 2.74. The fourth-order valence-electron chi connectivity index (χ4n) is 1.79. The highest BCUT2D eigenvalue weighted by Gasteiger charge is 2.08. The lowest BCUT2D eigenvalue weighted by Gasteiger charge is -2.08. The van der Waals surface area contributed by atoms with Gasteiger partial charge in [-0.15, -0.1) is 0 Å². The van der Waals surface area contributed by atoms with Crippen LogP contribution in [0.15, 0.2) is 42.5 Å². The molecular weight excluding hydrogens is 267 g/mol. The number of halogens is 1. The third-order valence-corrected chi connectivity index (χ3v) is 2.74. The molecule has 104 valence electrons. The van der Waals surface area contributed by atoms with Crippen molar-refractivity contribution in [1.29, 1.82) is 5.26 Å². The number of ether oxygens (including phenoxy) is 1. The Hall–Kier alpha value is -2.82. The lowest BCUT2D eigenvalue weighted by Crippen LogP contribution is -1.99. The summed E-state index contributed by atoms with van der Waals surface area (Å²) in [7, 11) is 0. The van der Waals surface area contributed by atoms with E-state index >= 15 is 0 Å². The largest absolute Gasteiger partial charge is 0.487 e. The van der Waals surface area contributed by atoms with Gasteiger partial charge in [-0.25, -0.2) is 4.39 Å². The van der Waals surface area contributed by atoms with E-state index in [1.54, 1.807) is 12.1 Å². The molecule has 0 bridgehead atoms. The smallest absolute Gasteiger partial charge is 0.144 e. The van der Waals surface area contributed by atoms with Gasteiger partial charge >= 0.3 is 0 Å². The summed E-state index contributed by atoms with van der Waals surface area (Å²) in [5, 5.41) is 8.94. The van der Waals surface area contributed by atoms with Crippen LogP contribution in [0, 0.1) is 29.0 Å². The molecule has 2 rings (SSSR count). The molecule has 0 aliphatic rings. The van der Waals surface area contributed by atoms with Crippen LogP contribution in [-0.4, -0.2) is 6.54 Å². The molecular formula is C17H13FN2O. The van der Waals surface area contributed by atoms with E-state index in [0.29, 0.717) is 6.54 Å². The molecule has 0 amide bonds. The highest BCUT2D eigenvalue weighted by molar-refractivity contribution is 5.44. The number of nitrogens with two attached hydrogens (primary N) is 1. The summed E-state index contributed by atoms with van der Waals surface area (Å²) in [6.45, 7) is 0.534. The van der Waals surface area contributed by atoms with Crippen LogP contribution in [0.25, 0.3) is 0 Å². The number of hydrogen-bond acceptors (Lipinski definition) is 3. The minimum atomic E-state index is -0.586. The molecule has 0 radical (unpaired) electrons. The van der Waals surface area contributed by atoms with Gasteiger partial charge in [-0.3, -0.25) is 0 Å². The van der Waals surface area contributed by atoms with Crippen LogP contribution >= 0.6 is 0 Å². The summed E-state index contributed by atoms with van der Waals surface area (Å²) in [5.41, 5.74) is 6.96. The van der Waals surface area contributed by atoms with Crippen LogP contribution in [0.3, 0.4) is 0 Å². The zero-order valence-electron chi connectivity index (χ0n) is 11.3. The molecule has 2 N–H and O–H groups in total. The van der Waals surface area contributed by atoms with Crippen LogP contribution in [0.5, 0.6) is 5.75 Å². The predicted octanol–water partition coefficient (Wildman–Crippen LogP) is 2.59. The zero-order chi connectivity index (χ0) is 15.1. The second-order valence-electron chi connectivity index (χ2n) is 4.22. The Morgan fingerprint density at radius 2 is 2.00 bits per heavy atom. The van der Waals surface area contributed by atoms with Crippen LogP contribution in [-0.2, 0) is 6.61 Å². The van der Waals surface area contributed by atoms with Gasteiger partial charge in [0.05, 0.1) is 6.54 Å². The average molecular weight is 280 g/mol. The number of benzene rings is 2. The van der Waals surface area contributed by atoms with Gasteiger partial charge in [0.1, 0.15) is 29.8 Å². The van der Waals surface area contributed by atoms with Gasteiger partial charge in [0, 0.05) is 5.56 Å². The van der Waals surface area contributed by atoms with Gasteiger partial charge in [-0.1, -0.05) is 30.0 Å². The van der Waals surface area contributed by atoms with Crippen molar-refractivity contribution in [1.82, 2.24) is 0 Å². The Bertz CT molecular complexity index is 738. The molecule has 0 aliphatic carbocycles. The second kappa shape index (κ2) is 7.09. The first kappa shape index (κ1) is 14.6. The van der Waals surface area contributed by atoms with Gasteiger partial charge in [-0.05, 0) is 29.8 Å². The molecule has 2 aromatic rings. The fourth-order valence-corrected chi connectivity index (χ4v) is 1.79. The van der Waals surface area contributed by atoms with E-state index in [2.05, 4.69) is 11.8 Å². The maximum Gasteiger partial charge on any atom is 0.144 e. The molecule has 0 unspecified atom stereocenters. The van der Waals surface area contributed by atoms with E-state index in [4.69, 9.17) is 15.7 Å². The van der Waals surface area contributed by atoms with Gasteiger partial charge in [0.25, 0.3) is 0 Å². The lowest BCUT2D eigenvalue weighted by molar-refractivity contribution is 0.303. The van der Waals surface area contributed by atoms with Crippen molar-refractivity contribution in [3.8, 4) is 23.7 Å². The first-order valence-electron chi connectivity index (χ1n) is 6.34. The summed E-state index contributed by atoms with van der Waals surface area (Å²) in [6, 6.07) is 13.6. The normalized spacial score (nSPS) is 9.38. The molecule has 3 nitrogen and oxygen atoms in total. The van der Waals surface area contributed by atoms with Gasteiger partial charge in [0.2, 0.25) is 0 Å². The highest BCUT2D eigenvalue weighted by Crippen LogP contribution is 2.21. The molecule has 0 saturated heterocycles. The van der Waals surface area contributed by atoms with Crippen LogP contribution < -0.4 is 10.5 Å². The first-order valence-corrected chi connectivity index (χ1v) is 6.34. The zero-order valence-corrected chi connectivity index (χ0v) is 11.3. The molecule has 0 fully saturated rings.